The van der Waals surface area contributed by atoms with Gasteiger partial charge in [0.2, 0.25) is 0 Å². The van der Waals surface area contributed by atoms with Crippen LogP contribution >= 0.6 is 0 Å². The molecule has 0 fully saturated rings. The molecule has 0 atom stereocenters. The van der Waals surface area contributed by atoms with Crippen molar-refractivity contribution >= 4 is 0 Å². The molecule has 0 aromatic rings. The normalized spacial score (nSPS) is 14.6. The van der Waals surface area contributed by atoms with Crippen LogP contribution in [0.2, 0.25) is 0 Å². The molecule has 0 amide bonds. The summed E-state index contributed by atoms with van der Waals surface area (Å²) < 4.78 is 0. The molecule has 112 heavy (non-hydrogen) atoms. The van der Waals surface area contributed by atoms with E-state index in [2.05, 4.69) is 509 Å². The van der Waals surface area contributed by atoms with E-state index in [1.165, 1.54) is 103 Å². The molecule has 0 heterocycles. The van der Waals surface area contributed by atoms with Crippen molar-refractivity contribution in [3.63, 3.8) is 0 Å². The van der Waals surface area contributed by atoms with Crippen molar-refractivity contribution in [2.75, 3.05) is 0 Å². The third-order valence-corrected chi connectivity index (χ3v) is 21.4. The molecule has 0 bridgehead atoms. The minimum absolute atomic E-state index is 0.264. The van der Waals surface area contributed by atoms with Gasteiger partial charge < -0.3 is 0 Å². The molecule has 0 saturated heterocycles. The average Bonchev–Trinajstić information content (AvgIpc) is 0.834. The Morgan fingerprint density at radius 1 is 0.125 bits per heavy atom. The zero-order chi connectivity index (χ0) is 91.5. The van der Waals surface area contributed by atoms with Crippen molar-refractivity contribution < 1.29 is 0 Å². The van der Waals surface area contributed by atoms with Gasteiger partial charge in [-0.3, -0.25) is 0 Å². The SMILES string of the molecule is CC(C)(C)/C=C/C(C)(C)C.CC(C)(C)/C=C/C=C/C(C)(C)C.CC(C)(C)/C=C/C=C/C=C/C(C)(C)C.CC(C)(C)/C=C/C=C/C=C/C=C/C(C)(C)C.CC(C)(C)CC(C)(C)C(C)(C)C.CC(C)(C)CCCC(C)(C)C(C)(C)C.CC(C)(C)CCCCCC(C)(C)C(C)(C)C.CC(C)(C)CCCCCCCC(C)(C)C(C)(C)C. The molecule has 0 aromatic carbocycles. The van der Waals surface area contributed by atoms with E-state index in [1.807, 2.05) is 0 Å². The number of allylic oxidation sites excluding steroid dienone is 20. The van der Waals surface area contributed by atoms with E-state index in [0.29, 0.717) is 86.6 Å². The Morgan fingerprint density at radius 3 is 0.429 bits per heavy atom. The van der Waals surface area contributed by atoms with Crippen LogP contribution in [0, 0.1) is 108 Å². The van der Waals surface area contributed by atoms with Crippen molar-refractivity contribution in [1.82, 2.24) is 0 Å². The van der Waals surface area contributed by atoms with Crippen LogP contribution in [0.4, 0.5) is 0 Å². The third-order valence-electron chi connectivity index (χ3n) is 21.4. The highest BCUT2D eigenvalue weighted by Gasteiger charge is 2.37. The smallest absolute Gasteiger partial charge is 0.0200 e. The lowest BCUT2D eigenvalue weighted by atomic mass is 9.63. The summed E-state index contributed by atoms with van der Waals surface area (Å²) in [5, 5.41) is 0. The first-order valence-electron chi connectivity index (χ1n) is 45.5. The predicted molar refractivity (Wildman–Crippen MR) is 532 cm³/mol. The Hall–Kier alpha value is -2.60. The lowest BCUT2D eigenvalue weighted by Crippen LogP contribution is -2.33. The van der Waals surface area contributed by atoms with E-state index >= 15 is 0 Å². The van der Waals surface area contributed by atoms with E-state index in [4.69, 9.17) is 0 Å². The third kappa shape index (κ3) is 102. The second kappa shape index (κ2) is 53.1. The van der Waals surface area contributed by atoms with E-state index in [-0.39, 0.29) is 21.7 Å². The van der Waals surface area contributed by atoms with Crippen LogP contribution in [0.3, 0.4) is 0 Å². The summed E-state index contributed by atoms with van der Waals surface area (Å²) in [6, 6.07) is 0. The highest BCUT2D eigenvalue weighted by atomic mass is 14.4. The van der Waals surface area contributed by atoms with Crippen molar-refractivity contribution in [3.05, 3.63) is 122 Å². The number of rotatable bonds is 22. The Balaban J connectivity index is -0.000000185. The number of hydrogen-bond acceptors (Lipinski definition) is 0. The van der Waals surface area contributed by atoms with Crippen LogP contribution in [-0.4, -0.2) is 0 Å². The van der Waals surface area contributed by atoms with E-state index in [9.17, 15) is 0 Å². The van der Waals surface area contributed by atoms with E-state index < -0.39 is 0 Å². The molecular formula is C112H220. The van der Waals surface area contributed by atoms with Crippen LogP contribution < -0.4 is 0 Å². The Bertz CT molecular complexity index is 2500. The summed E-state index contributed by atoms with van der Waals surface area (Å²) in [7, 11) is 0. The molecule has 0 radical (unpaired) electrons. The summed E-state index contributed by atoms with van der Waals surface area (Å²) in [6.45, 7) is 128. The summed E-state index contributed by atoms with van der Waals surface area (Å²) >= 11 is 0. The maximum atomic E-state index is 2.42. The first-order chi connectivity index (χ1) is 48.7. The second-order valence-corrected chi connectivity index (χ2v) is 54.2. The number of hydrogen-bond donors (Lipinski definition) is 0. The van der Waals surface area contributed by atoms with Crippen molar-refractivity contribution in [2.45, 2.75) is 490 Å². The van der Waals surface area contributed by atoms with Crippen molar-refractivity contribution in [2.24, 2.45) is 108 Å². The van der Waals surface area contributed by atoms with Gasteiger partial charge in [-0.2, -0.15) is 0 Å². The summed E-state index contributed by atoms with van der Waals surface area (Å²) in [6.07, 6.45) is 64.9. The van der Waals surface area contributed by atoms with Crippen molar-refractivity contribution in [3.8, 4) is 0 Å². The van der Waals surface area contributed by atoms with Gasteiger partial charge in [-0.25, -0.2) is 0 Å². The molecule has 0 nitrogen and oxygen atoms in total. The van der Waals surface area contributed by atoms with E-state index in [1.54, 1.807) is 0 Å². The average molecular weight is 1570 g/mol. The zero-order valence-corrected chi connectivity index (χ0v) is 88.9. The fourth-order valence-corrected chi connectivity index (χ4v) is 9.88. The first-order valence-corrected chi connectivity index (χ1v) is 45.5. The van der Waals surface area contributed by atoms with Crippen LogP contribution in [0.15, 0.2) is 122 Å². The molecule has 0 aliphatic carbocycles. The summed E-state index contributed by atoms with van der Waals surface area (Å²) in [5.74, 6) is 0. The van der Waals surface area contributed by atoms with Gasteiger partial charge in [-0.15, -0.1) is 0 Å². The van der Waals surface area contributed by atoms with Gasteiger partial charge in [0.15, 0.2) is 0 Å². The molecule has 0 rings (SSSR count). The lowest BCUT2D eigenvalue weighted by molar-refractivity contribution is 0.0743. The van der Waals surface area contributed by atoms with Gasteiger partial charge in [-0.1, -0.05) is 567 Å². The van der Waals surface area contributed by atoms with Gasteiger partial charge in [0.1, 0.15) is 0 Å². The maximum Gasteiger partial charge on any atom is -0.0200 e. The molecule has 0 saturated carbocycles. The van der Waals surface area contributed by atoms with Gasteiger partial charge >= 0.3 is 0 Å². The Morgan fingerprint density at radius 2 is 0.268 bits per heavy atom. The molecule has 668 valence electrons. The molecule has 0 spiro atoms. The van der Waals surface area contributed by atoms with Crippen LogP contribution in [0.1, 0.15) is 490 Å². The molecule has 0 aliphatic heterocycles. The largest absolute Gasteiger partial charge is 0.0826 e. The van der Waals surface area contributed by atoms with Gasteiger partial charge in [0, 0.05) is 0 Å². The maximum absolute atomic E-state index is 2.42. The minimum atomic E-state index is 0.264. The summed E-state index contributed by atoms with van der Waals surface area (Å²) in [4.78, 5) is 0. The quantitative estimate of drug-likeness (QED) is 0.0576. The van der Waals surface area contributed by atoms with E-state index in [0.717, 1.165) is 0 Å². The Labute approximate surface area is 715 Å². The van der Waals surface area contributed by atoms with Crippen LogP contribution in [0.5, 0.6) is 0 Å². The zero-order valence-electron chi connectivity index (χ0n) is 88.9. The molecular weight excluding hydrogens is 1350 g/mol. The summed E-state index contributed by atoms with van der Waals surface area (Å²) in [5.41, 5.74) is 7.79. The fourth-order valence-electron chi connectivity index (χ4n) is 9.88. The highest BCUT2D eigenvalue weighted by Crippen LogP contribution is 2.47. The standard InChI is InChI=1S/C18H38.C16H34.C16H26.C14H30.C14H24.C12H26.C12H22.C10H20/c1-16(2,3)14-12-10-9-11-13-15-18(7,8)17(4,5)6;1-14(2,3)12-10-9-11-13-16(7,8)15(4,5)6;1-15(2,3)13-11-9-7-8-10-12-14-16(4,5)6;1-12(2,3)10-9-11-14(7,8)13(4,5)6;1-13(2,3)11-9-7-8-10-12-14(4,5)6;1-10(2,3)9-12(7,8)11(4,5)6;1-11(2,3)9-7-8-10-12(4,5)6;1-9(2,3)7-8-10(4,5)6/h9-15H2,1-8H3;9-13H2,1-8H3;7-14H,1-6H3;9-11H2,1-8H3;7-12H,1-6H3;9H2,1-8H3;7-10H,1-6H3;7-8H,1-6H3/b;;9-7+,10-8+,13-11+,14-12+;;8-7+,11-9+,12-10+;;9-7+,10-8+;8-7+. The molecule has 0 unspecified atom stereocenters. The lowest BCUT2D eigenvalue weighted by Gasteiger charge is -2.43. The van der Waals surface area contributed by atoms with Crippen LogP contribution in [-0.2, 0) is 0 Å². The predicted octanol–water partition coefficient (Wildman–Crippen LogP) is 40.5. The molecule has 0 N–H and O–H groups in total. The monoisotopic (exact) mass is 1570 g/mol. The van der Waals surface area contributed by atoms with Crippen LogP contribution in [0.25, 0.3) is 0 Å². The Kier molecular flexibility index (Phi) is 59.3. The molecule has 0 aliphatic rings. The van der Waals surface area contributed by atoms with Gasteiger partial charge in [-0.05, 0) is 153 Å². The minimum Gasteiger partial charge on any atom is -0.0826 e. The molecule has 0 aromatic heterocycles. The van der Waals surface area contributed by atoms with Gasteiger partial charge in [0.05, 0.1) is 0 Å². The second-order valence-electron chi connectivity index (χ2n) is 54.2. The topological polar surface area (TPSA) is 0 Å². The fraction of sp³-hybridized carbons (Fsp3) is 0.821. The van der Waals surface area contributed by atoms with Crippen molar-refractivity contribution in [1.29, 1.82) is 0 Å². The number of unbranched alkanes of at least 4 members (excludes halogenated alkanes) is 6. The van der Waals surface area contributed by atoms with Gasteiger partial charge in [0.25, 0.3) is 0 Å². The molecule has 0 heteroatoms. The first kappa shape index (κ1) is 125. The highest BCUT2D eigenvalue weighted by molar-refractivity contribution is 5.17.